The van der Waals surface area contributed by atoms with Crippen molar-refractivity contribution in [2.75, 3.05) is 6.54 Å². The lowest BCUT2D eigenvalue weighted by atomic mass is 9.94. The van der Waals surface area contributed by atoms with Gasteiger partial charge in [0.05, 0.1) is 5.54 Å². The summed E-state index contributed by atoms with van der Waals surface area (Å²) in [6.45, 7) is 0.628. The van der Waals surface area contributed by atoms with E-state index in [-0.39, 0.29) is 29.8 Å². The van der Waals surface area contributed by atoms with Crippen molar-refractivity contribution >= 4 is 34.2 Å². The number of benzene rings is 1. The molecule has 2 saturated carbocycles. The summed E-state index contributed by atoms with van der Waals surface area (Å²) < 4.78 is 1.07. The van der Waals surface area contributed by atoms with Gasteiger partial charge in [0.1, 0.15) is 0 Å². The van der Waals surface area contributed by atoms with Crippen LogP contribution in [0.4, 0.5) is 0 Å². The summed E-state index contributed by atoms with van der Waals surface area (Å²) in [4.78, 5) is 12.5. The van der Waals surface area contributed by atoms with Crippen LogP contribution < -0.4 is 11.1 Å². The normalized spacial score (nSPS) is 26.0. The van der Waals surface area contributed by atoms with Crippen LogP contribution in [0.5, 0.6) is 0 Å². The summed E-state index contributed by atoms with van der Waals surface area (Å²) in [6, 6.07) is 8.29. The van der Waals surface area contributed by atoms with Gasteiger partial charge in [0.2, 0.25) is 5.91 Å². The van der Waals surface area contributed by atoms with Crippen LogP contribution in [0.15, 0.2) is 28.7 Å². The minimum absolute atomic E-state index is 0. The highest BCUT2D eigenvalue weighted by molar-refractivity contribution is 9.10. The van der Waals surface area contributed by atoms with Crippen LogP contribution in [0.2, 0.25) is 0 Å². The molecule has 0 aromatic heterocycles. The standard InChI is InChI=1S/C16H21BrN2O.ClH/c17-13-6-4-12(5-7-13)16(8-9-16)19-15(20)14-3-1-2-11(14)10-18;/h4-7,11,14H,1-3,8-10,18H2,(H,19,20);1H/t11-,14-;/m1./s1. The molecule has 116 valence electrons. The van der Waals surface area contributed by atoms with E-state index in [1.807, 2.05) is 12.1 Å². The van der Waals surface area contributed by atoms with Gasteiger partial charge in [-0.3, -0.25) is 4.79 Å². The number of nitrogens with one attached hydrogen (secondary N) is 1. The fraction of sp³-hybridized carbons (Fsp3) is 0.562. The Bertz CT molecular complexity index is 502. The molecule has 3 nitrogen and oxygen atoms in total. The highest BCUT2D eigenvalue weighted by atomic mass is 79.9. The number of carbonyl (C=O) groups is 1. The minimum atomic E-state index is -0.112. The lowest BCUT2D eigenvalue weighted by molar-refractivity contribution is -0.127. The second-order valence-electron chi connectivity index (χ2n) is 6.11. The van der Waals surface area contributed by atoms with E-state index in [0.717, 1.165) is 36.6 Å². The molecule has 1 aromatic rings. The number of rotatable bonds is 4. The third kappa shape index (κ3) is 3.43. The third-order valence-electron chi connectivity index (χ3n) is 4.81. The maximum absolute atomic E-state index is 12.5. The zero-order valence-electron chi connectivity index (χ0n) is 12.0. The fourth-order valence-corrected chi connectivity index (χ4v) is 3.64. The van der Waals surface area contributed by atoms with E-state index < -0.39 is 0 Å². The van der Waals surface area contributed by atoms with Gasteiger partial charge in [-0.1, -0.05) is 34.5 Å². The predicted molar refractivity (Wildman–Crippen MR) is 90.3 cm³/mol. The molecule has 0 heterocycles. The van der Waals surface area contributed by atoms with E-state index in [1.165, 1.54) is 5.56 Å². The smallest absolute Gasteiger partial charge is 0.224 e. The summed E-state index contributed by atoms with van der Waals surface area (Å²) in [6.07, 6.45) is 5.30. The Morgan fingerprint density at radius 1 is 1.29 bits per heavy atom. The first-order valence-corrected chi connectivity index (χ1v) is 8.22. The Morgan fingerprint density at radius 3 is 2.52 bits per heavy atom. The monoisotopic (exact) mass is 372 g/mol. The van der Waals surface area contributed by atoms with Gasteiger partial charge in [-0.2, -0.15) is 0 Å². The number of hydrogen-bond donors (Lipinski definition) is 2. The Kier molecular flexibility index (Phi) is 5.33. The number of halogens is 2. The minimum Gasteiger partial charge on any atom is -0.346 e. The molecule has 0 radical (unpaired) electrons. The Hall–Kier alpha value is -0.580. The van der Waals surface area contributed by atoms with Crippen LogP contribution in [0.1, 0.15) is 37.7 Å². The third-order valence-corrected chi connectivity index (χ3v) is 5.34. The molecule has 1 amide bonds. The molecule has 2 aliphatic carbocycles. The van der Waals surface area contributed by atoms with Crippen LogP contribution in [-0.2, 0) is 10.3 Å². The second-order valence-corrected chi connectivity index (χ2v) is 7.03. The summed E-state index contributed by atoms with van der Waals surface area (Å²) >= 11 is 3.45. The summed E-state index contributed by atoms with van der Waals surface area (Å²) in [5.74, 6) is 0.696. The zero-order chi connectivity index (χ0) is 14.2. The molecule has 3 N–H and O–H groups in total. The molecular formula is C16H22BrClN2O. The Balaban J connectivity index is 0.00000161. The summed E-state index contributed by atoms with van der Waals surface area (Å²) in [5.41, 5.74) is 6.89. The van der Waals surface area contributed by atoms with Crippen molar-refractivity contribution in [2.24, 2.45) is 17.6 Å². The summed E-state index contributed by atoms with van der Waals surface area (Å²) in [5, 5.41) is 3.30. The molecule has 1 aromatic carbocycles. The van der Waals surface area contributed by atoms with Crippen molar-refractivity contribution in [3.05, 3.63) is 34.3 Å². The van der Waals surface area contributed by atoms with Gasteiger partial charge in [0, 0.05) is 10.4 Å². The molecule has 0 aliphatic heterocycles. The van der Waals surface area contributed by atoms with Crippen LogP contribution >= 0.6 is 28.3 Å². The molecule has 21 heavy (non-hydrogen) atoms. The quantitative estimate of drug-likeness (QED) is 0.850. The van der Waals surface area contributed by atoms with Gasteiger partial charge in [-0.15, -0.1) is 12.4 Å². The zero-order valence-corrected chi connectivity index (χ0v) is 14.4. The molecule has 0 unspecified atom stereocenters. The maximum atomic E-state index is 12.5. The van der Waals surface area contributed by atoms with Gasteiger partial charge in [0.15, 0.2) is 0 Å². The van der Waals surface area contributed by atoms with Crippen molar-refractivity contribution in [3.8, 4) is 0 Å². The number of hydrogen-bond acceptors (Lipinski definition) is 2. The van der Waals surface area contributed by atoms with E-state index >= 15 is 0 Å². The maximum Gasteiger partial charge on any atom is 0.224 e. The SMILES string of the molecule is Cl.NC[C@H]1CCC[C@H]1C(=O)NC1(c2ccc(Br)cc2)CC1. The van der Waals surface area contributed by atoms with Gasteiger partial charge in [0.25, 0.3) is 0 Å². The molecule has 2 fully saturated rings. The van der Waals surface area contributed by atoms with Gasteiger partial charge >= 0.3 is 0 Å². The average Bonchev–Trinajstić information content (AvgIpc) is 3.05. The topological polar surface area (TPSA) is 55.1 Å². The molecular weight excluding hydrogens is 352 g/mol. The van der Waals surface area contributed by atoms with E-state index in [2.05, 4.69) is 33.4 Å². The van der Waals surface area contributed by atoms with Crippen molar-refractivity contribution in [2.45, 2.75) is 37.6 Å². The highest BCUT2D eigenvalue weighted by Crippen LogP contribution is 2.46. The van der Waals surface area contributed by atoms with Gasteiger partial charge in [-0.25, -0.2) is 0 Å². The van der Waals surface area contributed by atoms with Crippen LogP contribution in [0.3, 0.4) is 0 Å². The van der Waals surface area contributed by atoms with Crippen molar-refractivity contribution < 1.29 is 4.79 Å². The number of amides is 1. The fourth-order valence-electron chi connectivity index (χ4n) is 3.37. The molecule has 3 rings (SSSR count). The first-order valence-electron chi connectivity index (χ1n) is 7.43. The number of nitrogens with two attached hydrogens (primary N) is 1. The van der Waals surface area contributed by atoms with E-state index in [0.29, 0.717) is 12.5 Å². The van der Waals surface area contributed by atoms with Crippen LogP contribution in [-0.4, -0.2) is 12.5 Å². The average molecular weight is 374 g/mol. The Labute approximate surface area is 140 Å². The number of carbonyl (C=O) groups excluding carboxylic acids is 1. The van der Waals surface area contributed by atoms with E-state index in [1.54, 1.807) is 0 Å². The van der Waals surface area contributed by atoms with Crippen LogP contribution in [0, 0.1) is 11.8 Å². The Morgan fingerprint density at radius 2 is 1.95 bits per heavy atom. The molecule has 0 bridgehead atoms. The first-order chi connectivity index (χ1) is 9.64. The lowest BCUT2D eigenvalue weighted by Gasteiger charge is -2.23. The first kappa shape index (κ1) is 16.8. The molecule has 5 heteroatoms. The highest BCUT2D eigenvalue weighted by Gasteiger charge is 2.47. The molecule has 0 spiro atoms. The van der Waals surface area contributed by atoms with Crippen molar-refractivity contribution in [1.29, 1.82) is 0 Å². The van der Waals surface area contributed by atoms with Gasteiger partial charge in [-0.05, 0) is 55.8 Å². The molecule has 2 atom stereocenters. The van der Waals surface area contributed by atoms with E-state index in [9.17, 15) is 4.79 Å². The van der Waals surface area contributed by atoms with Crippen LogP contribution in [0.25, 0.3) is 0 Å². The van der Waals surface area contributed by atoms with Gasteiger partial charge < -0.3 is 11.1 Å². The molecule has 0 saturated heterocycles. The summed E-state index contributed by atoms with van der Waals surface area (Å²) in [7, 11) is 0. The van der Waals surface area contributed by atoms with Crippen molar-refractivity contribution in [1.82, 2.24) is 5.32 Å². The molecule has 2 aliphatic rings. The predicted octanol–water partition coefficient (Wildman–Crippen LogP) is 3.35. The van der Waals surface area contributed by atoms with Crippen molar-refractivity contribution in [3.63, 3.8) is 0 Å². The largest absolute Gasteiger partial charge is 0.346 e. The van der Waals surface area contributed by atoms with E-state index in [4.69, 9.17) is 5.73 Å². The lowest BCUT2D eigenvalue weighted by Crippen LogP contribution is -2.41. The second kappa shape index (κ2) is 6.67.